The van der Waals surface area contributed by atoms with Gasteiger partial charge >= 0.3 is 0 Å². The van der Waals surface area contributed by atoms with E-state index in [4.69, 9.17) is 9.47 Å². The van der Waals surface area contributed by atoms with E-state index >= 15 is 0 Å². The molecule has 0 unspecified atom stereocenters. The average Bonchev–Trinajstić information content (AvgIpc) is 2.74. The van der Waals surface area contributed by atoms with Crippen LogP contribution in [0.5, 0.6) is 0 Å². The molecule has 16 bridgehead atoms. The molecule has 10 aliphatic carbocycles. The molecule has 14 aliphatic rings. The SMILES string of the molecule is C1[C@@H]2C[C@@H]3[C@H]4O[C@@H]5C[C@H]([C@@H]14)[C@H](C2)[C@@]3([C@]12C[C@@H]3C[C@H]4[C@@H]6C[C@H](C[C@H]41)C[C@H]2[C@@H]6O3)C5. The minimum absolute atomic E-state index is 0.637. The third-order valence-electron chi connectivity index (χ3n) is 13.7. The van der Waals surface area contributed by atoms with Crippen LogP contribution in [0.1, 0.15) is 64.2 Å². The molecule has 4 heterocycles. The van der Waals surface area contributed by atoms with E-state index in [2.05, 4.69) is 0 Å². The summed E-state index contributed by atoms with van der Waals surface area (Å²) in [4.78, 5) is 0. The van der Waals surface area contributed by atoms with Crippen molar-refractivity contribution in [3.8, 4) is 0 Å². The third-order valence-corrected chi connectivity index (χ3v) is 13.7. The molecule has 0 aromatic heterocycles. The Morgan fingerprint density at radius 3 is 1.43 bits per heavy atom. The van der Waals surface area contributed by atoms with Gasteiger partial charge in [-0.1, -0.05) is 0 Å². The first kappa shape index (κ1) is 14.8. The number of ether oxygens (including phenoxy) is 2. The van der Waals surface area contributed by atoms with Crippen molar-refractivity contribution in [2.75, 3.05) is 0 Å². The fourth-order valence-electron chi connectivity index (χ4n) is 14.1. The molecule has 0 amide bonds. The quantitative estimate of drug-likeness (QED) is 0.660. The molecule has 4 saturated heterocycles. The van der Waals surface area contributed by atoms with Crippen molar-refractivity contribution in [3.05, 3.63) is 0 Å². The van der Waals surface area contributed by atoms with Gasteiger partial charge in [0.2, 0.25) is 0 Å². The Bertz CT molecular complexity index is 690. The number of rotatable bonds is 1. The second kappa shape index (κ2) is 4.16. The minimum Gasteiger partial charge on any atom is -0.374 e. The molecule has 150 valence electrons. The summed E-state index contributed by atoms with van der Waals surface area (Å²) in [5, 5.41) is 0. The Morgan fingerprint density at radius 1 is 0.464 bits per heavy atom. The fourth-order valence-corrected chi connectivity index (χ4v) is 14.1. The normalized spacial score (nSPS) is 78.0. The molecule has 10 saturated carbocycles. The average molecular weight is 379 g/mol. The summed E-state index contributed by atoms with van der Waals surface area (Å²) in [5.74, 6) is 10.2. The molecule has 0 N–H and O–H groups in total. The van der Waals surface area contributed by atoms with E-state index in [9.17, 15) is 0 Å². The lowest BCUT2D eigenvalue weighted by atomic mass is 9.23. The summed E-state index contributed by atoms with van der Waals surface area (Å²) >= 11 is 0. The second-order valence-electron chi connectivity index (χ2n) is 13.6. The minimum atomic E-state index is 0.637. The van der Waals surface area contributed by atoms with E-state index in [1.807, 2.05) is 0 Å². The third kappa shape index (κ3) is 1.22. The van der Waals surface area contributed by atoms with Crippen molar-refractivity contribution in [2.24, 2.45) is 70.0 Å². The topological polar surface area (TPSA) is 18.5 Å². The van der Waals surface area contributed by atoms with Crippen LogP contribution in [0.15, 0.2) is 0 Å². The van der Waals surface area contributed by atoms with Gasteiger partial charge < -0.3 is 9.47 Å². The summed E-state index contributed by atoms with van der Waals surface area (Å²) in [6, 6.07) is 0. The van der Waals surface area contributed by atoms with Gasteiger partial charge in [0.25, 0.3) is 0 Å². The molecule has 4 aliphatic heterocycles. The van der Waals surface area contributed by atoms with Gasteiger partial charge in [-0.05, 0) is 134 Å². The zero-order chi connectivity index (χ0) is 17.6. The van der Waals surface area contributed by atoms with Gasteiger partial charge in [0.05, 0.1) is 24.4 Å². The Hall–Kier alpha value is -0.0800. The highest BCUT2D eigenvalue weighted by Crippen LogP contribution is 2.85. The maximum atomic E-state index is 6.87. The van der Waals surface area contributed by atoms with Crippen LogP contribution in [0.4, 0.5) is 0 Å². The Balaban J connectivity index is 1.25. The maximum Gasteiger partial charge on any atom is 0.0643 e. The van der Waals surface area contributed by atoms with Crippen molar-refractivity contribution in [1.82, 2.24) is 0 Å². The van der Waals surface area contributed by atoms with Gasteiger partial charge in [-0.25, -0.2) is 0 Å². The molecular formula is C26H34O2. The maximum absolute atomic E-state index is 6.87. The zero-order valence-corrected chi connectivity index (χ0v) is 17.0. The highest BCUT2D eigenvalue weighted by Gasteiger charge is 2.83. The highest BCUT2D eigenvalue weighted by atomic mass is 16.5. The molecule has 0 radical (unpaired) electrons. The lowest BCUT2D eigenvalue weighted by Crippen LogP contribution is -2.83. The molecule has 16 atom stereocenters. The molecule has 2 heteroatoms. The zero-order valence-electron chi connectivity index (χ0n) is 17.0. The van der Waals surface area contributed by atoms with Crippen molar-refractivity contribution >= 4 is 0 Å². The van der Waals surface area contributed by atoms with E-state index in [0.29, 0.717) is 35.2 Å². The van der Waals surface area contributed by atoms with Crippen LogP contribution in [-0.4, -0.2) is 24.4 Å². The van der Waals surface area contributed by atoms with Crippen molar-refractivity contribution in [1.29, 1.82) is 0 Å². The summed E-state index contributed by atoms with van der Waals surface area (Å²) in [6.07, 6.45) is 17.9. The van der Waals surface area contributed by atoms with Crippen LogP contribution < -0.4 is 0 Å². The van der Waals surface area contributed by atoms with Crippen molar-refractivity contribution in [3.63, 3.8) is 0 Å². The Kier molecular flexibility index (Phi) is 2.21. The van der Waals surface area contributed by atoms with Gasteiger partial charge in [0.15, 0.2) is 0 Å². The Labute approximate surface area is 168 Å². The van der Waals surface area contributed by atoms with Crippen LogP contribution in [0.25, 0.3) is 0 Å². The lowest BCUT2D eigenvalue weighted by molar-refractivity contribution is -0.423. The van der Waals surface area contributed by atoms with Gasteiger partial charge in [-0.15, -0.1) is 0 Å². The smallest absolute Gasteiger partial charge is 0.0643 e. The van der Waals surface area contributed by atoms with Crippen LogP contribution in [0.2, 0.25) is 0 Å². The standard InChI is InChI=1S/C26H34O2/c1-11-3-19-15-7-13-9-25(19,21(5-11)23(27-13)17(1)15)26-10-14-8-16-18-2-12(4-20(16)26)6-22(26)24(18)28-14/h11-24H,1-10H2/t11-,12+,13+,14-,15+,16-,17+,18-,19-,20+,21+,22-,23-,24+,25-,26+. The van der Waals surface area contributed by atoms with Crippen LogP contribution >= 0.6 is 0 Å². The van der Waals surface area contributed by atoms with E-state index < -0.39 is 0 Å². The van der Waals surface area contributed by atoms with E-state index in [-0.39, 0.29) is 0 Å². The largest absolute Gasteiger partial charge is 0.374 e. The fraction of sp³-hybridized carbons (Fsp3) is 1.00. The van der Waals surface area contributed by atoms with Crippen LogP contribution in [0, 0.1) is 70.0 Å². The van der Waals surface area contributed by atoms with Crippen LogP contribution in [0.3, 0.4) is 0 Å². The van der Waals surface area contributed by atoms with E-state index in [0.717, 1.165) is 59.2 Å². The first-order valence-corrected chi connectivity index (χ1v) is 13.1. The summed E-state index contributed by atoms with van der Waals surface area (Å²) in [6.45, 7) is 0. The first-order valence-electron chi connectivity index (χ1n) is 13.1. The summed E-state index contributed by atoms with van der Waals surface area (Å²) in [7, 11) is 0. The molecule has 0 aromatic carbocycles. The molecule has 28 heavy (non-hydrogen) atoms. The van der Waals surface area contributed by atoms with Crippen LogP contribution in [-0.2, 0) is 9.47 Å². The molecule has 0 aromatic rings. The summed E-state index contributed by atoms with van der Waals surface area (Å²) < 4.78 is 13.7. The number of hydrogen-bond donors (Lipinski definition) is 0. The van der Waals surface area contributed by atoms with Gasteiger partial charge in [-0.2, -0.15) is 0 Å². The predicted molar refractivity (Wildman–Crippen MR) is 103 cm³/mol. The predicted octanol–water partition coefficient (Wildman–Crippen LogP) is 4.67. The Morgan fingerprint density at radius 2 is 0.929 bits per heavy atom. The molecular weight excluding hydrogens is 344 g/mol. The van der Waals surface area contributed by atoms with Gasteiger partial charge in [0.1, 0.15) is 0 Å². The summed E-state index contributed by atoms with van der Waals surface area (Å²) in [5.41, 5.74) is 1.36. The monoisotopic (exact) mass is 378 g/mol. The molecule has 0 spiro atoms. The molecule has 2 nitrogen and oxygen atoms in total. The molecule has 14 rings (SSSR count). The van der Waals surface area contributed by atoms with Gasteiger partial charge in [0, 0.05) is 0 Å². The van der Waals surface area contributed by atoms with Crippen molar-refractivity contribution < 1.29 is 9.47 Å². The first-order chi connectivity index (χ1) is 13.8. The van der Waals surface area contributed by atoms with Gasteiger partial charge in [-0.3, -0.25) is 0 Å². The lowest BCUT2D eigenvalue weighted by Gasteiger charge is -2.85. The van der Waals surface area contributed by atoms with Crippen molar-refractivity contribution in [2.45, 2.75) is 88.6 Å². The second-order valence-corrected chi connectivity index (χ2v) is 13.6. The van der Waals surface area contributed by atoms with E-state index in [1.54, 1.807) is 25.7 Å². The number of hydrogen-bond acceptors (Lipinski definition) is 2. The van der Waals surface area contributed by atoms with E-state index in [1.165, 1.54) is 38.5 Å². The molecule has 14 fully saturated rings. The highest BCUT2D eigenvalue weighted by molar-refractivity contribution is 5.30.